The molecule has 0 aromatic heterocycles. The molecule has 0 saturated carbocycles. The van der Waals surface area contributed by atoms with Crippen LogP contribution in [-0.2, 0) is 11.2 Å². The van der Waals surface area contributed by atoms with Gasteiger partial charge in [-0.25, -0.2) is 4.79 Å². The normalized spacial score (nSPS) is 9.21. The molecule has 0 aliphatic rings. The molecule has 72 valence electrons. The summed E-state index contributed by atoms with van der Waals surface area (Å²) in [5.74, 6) is -0.413. The molecule has 0 heterocycles. The Labute approximate surface area is 82.9 Å². The van der Waals surface area contributed by atoms with Crippen LogP contribution < -0.4 is 0 Å². The van der Waals surface area contributed by atoms with Gasteiger partial charge < -0.3 is 4.74 Å². The third-order valence-corrected chi connectivity index (χ3v) is 2.03. The number of hydrogen-bond acceptors (Lipinski definition) is 3. The zero-order valence-corrected chi connectivity index (χ0v) is 8.20. The van der Waals surface area contributed by atoms with Gasteiger partial charge in [-0.05, 0) is 24.1 Å². The van der Waals surface area contributed by atoms with Crippen LogP contribution in [0, 0.1) is 11.3 Å². The van der Waals surface area contributed by atoms with E-state index in [4.69, 9.17) is 5.26 Å². The molecule has 0 aliphatic carbocycles. The van der Waals surface area contributed by atoms with Gasteiger partial charge in [0.05, 0.1) is 24.3 Å². The summed E-state index contributed by atoms with van der Waals surface area (Å²) in [5, 5.41) is 8.83. The van der Waals surface area contributed by atoms with Crippen molar-refractivity contribution in [3.63, 3.8) is 0 Å². The number of carbonyl (C=O) groups is 1. The molecular formula is C11H11NO2. The number of aryl methyl sites for hydroxylation is 1. The Balaban J connectivity index is 3.15. The fourth-order valence-electron chi connectivity index (χ4n) is 1.23. The van der Waals surface area contributed by atoms with Gasteiger partial charge in [0.25, 0.3) is 0 Å². The minimum absolute atomic E-state index is 0.413. The fourth-order valence-corrected chi connectivity index (χ4v) is 1.23. The van der Waals surface area contributed by atoms with E-state index in [9.17, 15) is 4.79 Å². The quantitative estimate of drug-likeness (QED) is 0.667. The van der Waals surface area contributed by atoms with Crippen LogP contribution in [0.5, 0.6) is 0 Å². The van der Waals surface area contributed by atoms with Gasteiger partial charge in [-0.2, -0.15) is 5.26 Å². The van der Waals surface area contributed by atoms with E-state index in [1.165, 1.54) is 7.11 Å². The molecule has 0 radical (unpaired) electrons. The zero-order chi connectivity index (χ0) is 10.6. The van der Waals surface area contributed by atoms with E-state index in [1.54, 1.807) is 18.2 Å². The number of methoxy groups -OCH3 is 1. The van der Waals surface area contributed by atoms with Crippen molar-refractivity contribution >= 4 is 5.97 Å². The monoisotopic (exact) mass is 189 g/mol. The van der Waals surface area contributed by atoms with Crippen LogP contribution in [0.25, 0.3) is 0 Å². The molecule has 1 aromatic rings. The Morgan fingerprint density at radius 1 is 1.57 bits per heavy atom. The van der Waals surface area contributed by atoms with Crippen LogP contribution in [0.1, 0.15) is 28.4 Å². The first-order chi connectivity index (χ1) is 6.72. The van der Waals surface area contributed by atoms with Gasteiger partial charge in [-0.1, -0.05) is 13.0 Å². The van der Waals surface area contributed by atoms with E-state index < -0.39 is 5.97 Å². The highest BCUT2D eigenvalue weighted by Crippen LogP contribution is 2.12. The number of ether oxygens (including phenoxy) is 1. The minimum Gasteiger partial charge on any atom is -0.465 e. The summed E-state index contributed by atoms with van der Waals surface area (Å²) in [6, 6.07) is 7.07. The maximum Gasteiger partial charge on any atom is 0.337 e. The highest BCUT2D eigenvalue weighted by molar-refractivity contribution is 5.89. The van der Waals surface area contributed by atoms with Crippen LogP contribution in [0.2, 0.25) is 0 Å². The minimum atomic E-state index is -0.413. The summed E-state index contributed by atoms with van der Waals surface area (Å²) < 4.78 is 4.56. The third kappa shape index (κ3) is 1.91. The van der Waals surface area contributed by atoms with Gasteiger partial charge in [0.2, 0.25) is 0 Å². The number of hydrogen-bond donors (Lipinski definition) is 0. The molecular weight excluding hydrogens is 178 g/mol. The molecule has 0 N–H and O–H groups in total. The van der Waals surface area contributed by atoms with Gasteiger partial charge in [-0.3, -0.25) is 0 Å². The molecule has 0 bridgehead atoms. The van der Waals surface area contributed by atoms with Gasteiger partial charge in [0.15, 0.2) is 0 Å². The fraction of sp³-hybridized carbons (Fsp3) is 0.273. The molecule has 0 fully saturated rings. The van der Waals surface area contributed by atoms with Crippen molar-refractivity contribution < 1.29 is 9.53 Å². The lowest BCUT2D eigenvalue weighted by molar-refractivity contribution is 0.0600. The summed E-state index contributed by atoms with van der Waals surface area (Å²) in [6.07, 6.45) is 0.782. The number of benzene rings is 1. The largest absolute Gasteiger partial charge is 0.465 e. The lowest BCUT2D eigenvalue weighted by Gasteiger charge is -2.03. The van der Waals surface area contributed by atoms with Crippen LogP contribution in [-0.4, -0.2) is 13.1 Å². The summed E-state index contributed by atoms with van der Waals surface area (Å²) in [5.41, 5.74) is 1.90. The lowest BCUT2D eigenvalue weighted by Crippen LogP contribution is -2.02. The van der Waals surface area contributed by atoms with Crippen molar-refractivity contribution in [2.75, 3.05) is 7.11 Å². The van der Waals surface area contributed by atoms with Crippen molar-refractivity contribution in [1.29, 1.82) is 5.26 Å². The van der Waals surface area contributed by atoms with E-state index >= 15 is 0 Å². The Hall–Kier alpha value is -1.82. The number of rotatable bonds is 2. The van der Waals surface area contributed by atoms with Crippen LogP contribution in [0.4, 0.5) is 0 Å². The second kappa shape index (κ2) is 4.43. The molecule has 3 heteroatoms. The highest BCUT2D eigenvalue weighted by atomic mass is 16.5. The predicted molar refractivity (Wildman–Crippen MR) is 51.9 cm³/mol. The molecule has 0 aliphatic heterocycles. The maximum absolute atomic E-state index is 11.1. The summed E-state index contributed by atoms with van der Waals surface area (Å²) in [6.45, 7) is 1.97. The van der Waals surface area contributed by atoms with E-state index in [-0.39, 0.29) is 0 Å². The number of carbonyl (C=O) groups excluding carboxylic acids is 1. The molecule has 3 nitrogen and oxygen atoms in total. The maximum atomic E-state index is 11.1. The van der Waals surface area contributed by atoms with Crippen LogP contribution >= 0.6 is 0 Å². The topological polar surface area (TPSA) is 50.1 Å². The van der Waals surface area contributed by atoms with Crippen molar-refractivity contribution in [2.24, 2.45) is 0 Å². The SMILES string of the molecule is CCc1ccc(C(=O)OC)cc1C#N. The highest BCUT2D eigenvalue weighted by Gasteiger charge is 2.08. The Morgan fingerprint density at radius 3 is 2.79 bits per heavy atom. The van der Waals surface area contributed by atoms with Crippen molar-refractivity contribution in [1.82, 2.24) is 0 Å². The molecule has 1 aromatic carbocycles. The van der Waals surface area contributed by atoms with E-state index in [2.05, 4.69) is 10.8 Å². The van der Waals surface area contributed by atoms with Gasteiger partial charge in [-0.15, -0.1) is 0 Å². The molecule has 1 rings (SSSR count). The predicted octanol–water partition coefficient (Wildman–Crippen LogP) is 1.91. The van der Waals surface area contributed by atoms with E-state index in [0.29, 0.717) is 11.1 Å². The van der Waals surface area contributed by atoms with Crippen molar-refractivity contribution in [2.45, 2.75) is 13.3 Å². The van der Waals surface area contributed by atoms with Crippen molar-refractivity contribution in [3.05, 3.63) is 34.9 Å². The first-order valence-corrected chi connectivity index (χ1v) is 4.34. The average Bonchev–Trinajstić information content (AvgIpc) is 2.26. The molecule has 0 atom stereocenters. The standard InChI is InChI=1S/C11H11NO2/c1-3-8-4-5-9(11(13)14-2)6-10(8)7-12/h4-6H,3H2,1-2H3. The van der Waals surface area contributed by atoms with Crippen LogP contribution in [0.15, 0.2) is 18.2 Å². The van der Waals surface area contributed by atoms with E-state index in [0.717, 1.165) is 12.0 Å². The Bertz CT molecular complexity index is 391. The molecule has 0 saturated heterocycles. The van der Waals surface area contributed by atoms with Gasteiger partial charge >= 0.3 is 5.97 Å². The number of nitriles is 1. The number of nitrogens with zero attached hydrogens (tertiary/aromatic N) is 1. The molecule has 14 heavy (non-hydrogen) atoms. The zero-order valence-electron chi connectivity index (χ0n) is 8.20. The average molecular weight is 189 g/mol. The lowest BCUT2D eigenvalue weighted by atomic mass is 10.0. The van der Waals surface area contributed by atoms with E-state index in [1.807, 2.05) is 6.92 Å². The van der Waals surface area contributed by atoms with Gasteiger partial charge in [0, 0.05) is 0 Å². The van der Waals surface area contributed by atoms with Crippen LogP contribution in [0.3, 0.4) is 0 Å². The molecule has 0 amide bonds. The second-order valence-corrected chi connectivity index (χ2v) is 2.83. The molecule has 0 unspecified atom stereocenters. The Morgan fingerprint density at radius 2 is 2.29 bits per heavy atom. The summed E-state index contributed by atoms with van der Waals surface area (Å²) in [7, 11) is 1.32. The number of esters is 1. The smallest absolute Gasteiger partial charge is 0.337 e. The first kappa shape index (κ1) is 10.3. The second-order valence-electron chi connectivity index (χ2n) is 2.83. The van der Waals surface area contributed by atoms with Crippen molar-refractivity contribution in [3.8, 4) is 6.07 Å². The van der Waals surface area contributed by atoms with Gasteiger partial charge in [0.1, 0.15) is 0 Å². The molecule has 0 spiro atoms. The third-order valence-electron chi connectivity index (χ3n) is 2.03. The first-order valence-electron chi connectivity index (χ1n) is 4.34. The summed E-state index contributed by atoms with van der Waals surface area (Å²) >= 11 is 0. The Kier molecular flexibility index (Phi) is 3.24. The summed E-state index contributed by atoms with van der Waals surface area (Å²) in [4.78, 5) is 11.1.